The molecule has 96 heavy (non-hydrogen) atoms. The zero-order chi connectivity index (χ0) is 70.9. The second-order valence-electron chi connectivity index (χ2n) is 28.0. The summed E-state index contributed by atoms with van der Waals surface area (Å²) in [6, 6.07) is 0. The molecule has 17 nitrogen and oxygen atoms in total. The number of aliphatic hydroxyl groups excluding tert-OH is 1. The van der Waals surface area contributed by atoms with Crippen LogP contribution in [0.15, 0.2) is 24.3 Å². The van der Waals surface area contributed by atoms with Gasteiger partial charge in [-0.05, 0) is 69.1 Å². The number of ether oxygens (including phenoxy) is 4. The predicted molar refractivity (Wildman–Crippen MR) is 390 cm³/mol. The minimum absolute atomic E-state index is 0.0839. The maximum Gasteiger partial charge on any atom is 0.472 e. The van der Waals surface area contributed by atoms with Gasteiger partial charge in [0.05, 0.1) is 26.4 Å². The number of phosphoric acid groups is 2. The van der Waals surface area contributed by atoms with Crippen molar-refractivity contribution < 1.29 is 80.2 Å². The number of hydrogen-bond donors (Lipinski definition) is 3. The maximum atomic E-state index is 13.1. The van der Waals surface area contributed by atoms with Gasteiger partial charge >= 0.3 is 39.5 Å². The minimum Gasteiger partial charge on any atom is -0.462 e. The van der Waals surface area contributed by atoms with Crippen LogP contribution < -0.4 is 0 Å². The van der Waals surface area contributed by atoms with Crippen LogP contribution in [-0.4, -0.2) is 96.7 Å². The molecule has 0 aromatic rings. The van der Waals surface area contributed by atoms with E-state index in [2.05, 4.69) is 72.8 Å². The lowest BCUT2D eigenvalue weighted by Crippen LogP contribution is -2.30. The molecule has 566 valence electrons. The Hall–Kier alpha value is -2.46. The number of hydrogen-bond acceptors (Lipinski definition) is 15. The fraction of sp³-hybridized carbons (Fsp3) is 0.896. The summed E-state index contributed by atoms with van der Waals surface area (Å²) in [4.78, 5) is 72.8. The maximum absolute atomic E-state index is 13.1. The summed E-state index contributed by atoms with van der Waals surface area (Å²) in [5, 5.41) is 10.6. The highest BCUT2D eigenvalue weighted by Crippen LogP contribution is 2.45. The van der Waals surface area contributed by atoms with Crippen molar-refractivity contribution in [3.05, 3.63) is 24.3 Å². The molecule has 0 radical (unpaired) electrons. The number of phosphoric ester groups is 2. The summed E-state index contributed by atoms with van der Waals surface area (Å²) in [5.41, 5.74) is 0. The van der Waals surface area contributed by atoms with E-state index in [1.54, 1.807) is 0 Å². The van der Waals surface area contributed by atoms with Crippen LogP contribution in [0.4, 0.5) is 0 Å². The number of allylic oxidation sites excluding steroid dienone is 4. The zero-order valence-electron chi connectivity index (χ0n) is 62.3. The van der Waals surface area contributed by atoms with Gasteiger partial charge in [-0.15, -0.1) is 0 Å². The number of esters is 4. The number of unbranched alkanes of at least 4 members (excludes halogenated alkanes) is 36. The molecule has 0 aliphatic heterocycles. The van der Waals surface area contributed by atoms with Crippen molar-refractivity contribution in [2.45, 2.75) is 388 Å². The van der Waals surface area contributed by atoms with E-state index in [1.165, 1.54) is 161 Å². The van der Waals surface area contributed by atoms with Gasteiger partial charge in [-0.1, -0.05) is 317 Å². The van der Waals surface area contributed by atoms with Crippen LogP contribution in [0.3, 0.4) is 0 Å². The first-order valence-corrected chi connectivity index (χ1v) is 42.2. The summed E-state index contributed by atoms with van der Waals surface area (Å²) >= 11 is 0. The smallest absolute Gasteiger partial charge is 0.462 e. The van der Waals surface area contributed by atoms with E-state index in [0.29, 0.717) is 25.7 Å². The van der Waals surface area contributed by atoms with Gasteiger partial charge in [0.15, 0.2) is 12.2 Å². The number of carbonyl (C=O) groups is 4. The molecule has 0 fully saturated rings. The second kappa shape index (κ2) is 67.1. The van der Waals surface area contributed by atoms with Crippen molar-refractivity contribution in [1.29, 1.82) is 0 Å². The third kappa shape index (κ3) is 67.4. The monoisotopic (exact) mass is 1410 g/mol. The molecule has 0 bridgehead atoms. The van der Waals surface area contributed by atoms with Gasteiger partial charge in [-0.25, -0.2) is 9.13 Å². The van der Waals surface area contributed by atoms with Gasteiger partial charge in [0.2, 0.25) is 0 Å². The standard InChI is InChI=1S/C77H146O17P2/c1-8-11-12-13-14-15-16-17-18-23-26-32-37-46-53-60-76(81)94-73(65-88-75(80)59-52-45-40-39-43-50-57-70(7)10-3)67-92-96(85,86)90-63-71(78)62-89-95(83,84)91-66-72(93-77(82)61-54-47-38-33-28-27-30-35-42-49-56-69(6)9-2)64-87-74(79)58-51-44-36-31-25-22-20-19-21-24-29-34-41-48-55-68(4)5/h15-18,68-73,78H,8-14,19-67H2,1-7H3,(H,83,84)(H,85,86)/b16-15-,18-17-/t69?,70?,71-,72-,73-/m1/s1. The van der Waals surface area contributed by atoms with Gasteiger partial charge < -0.3 is 33.8 Å². The summed E-state index contributed by atoms with van der Waals surface area (Å²) in [7, 11) is -9.93. The Morgan fingerprint density at radius 2 is 0.615 bits per heavy atom. The Morgan fingerprint density at radius 3 is 0.927 bits per heavy atom. The van der Waals surface area contributed by atoms with E-state index in [4.69, 9.17) is 37.0 Å². The molecule has 0 aromatic carbocycles. The summed E-state index contributed by atoms with van der Waals surface area (Å²) in [6.07, 6.45) is 56.2. The van der Waals surface area contributed by atoms with E-state index in [1.807, 2.05) is 0 Å². The Labute approximate surface area is 586 Å². The Kier molecular flexibility index (Phi) is 65.3. The lowest BCUT2D eigenvalue weighted by atomic mass is 9.99. The Bertz CT molecular complexity index is 1970. The fourth-order valence-electron chi connectivity index (χ4n) is 11.2. The molecule has 0 amide bonds. The molecule has 0 aliphatic rings. The molecular formula is C77H146O17P2. The molecule has 19 heteroatoms. The highest BCUT2D eigenvalue weighted by molar-refractivity contribution is 7.47. The highest BCUT2D eigenvalue weighted by atomic mass is 31.2. The lowest BCUT2D eigenvalue weighted by Gasteiger charge is -2.21. The molecule has 0 spiro atoms. The summed E-state index contributed by atoms with van der Waals surface area (Å²) in [6.45, 7) is 11.8. The molecule has 4 unspecified atom stereocenters. The van der Waals surface area contributed by atoms with E-state index < -0.39 is 97.5 Å². The number of carbonyl (C=O) groups excluding carboxylic acids is 4. The van der Waals surface area contributed by atoms with Crippen molar-refractivity contribution >= 4 is 39.5 Å². The number of rotatable bonds is 73. The number of aliphatic hydroxyl groups is 1. The van der Waals surface area contributed by atoms with Gasteiger partial charge in [-0.3, -0.25) is 37.3 Å². The van der Waals surface area contributed by atoms with E-state index in [9.17, 15) is 43.2 Å². The van der Waals surface area contributed by atoms with E-state index in [-0.39, 0.29) is 25.7 Å². The molecule has 3 N–H and O–H groups in total. The van der Waals surface area contributed by atoms with Crippen LogP contribution in [0.25, 0.3) is 0 Å². The molecule has 7 atom stereocenters. The van der Waals surface area contributed by atoms with Gasteiger partial charge in [0, 0.05) is 25.7 Å². The van der Waals surface area contributed by atoms with Crippen molar-refractivity contribution in [3.8, 4) is 0 Å². The van der Waals surface area contributed by atoms with Crippen LogP contribution in [-0.2, 0) is 65.4 Å². The third-order valence-corrected chi connectivity index (χ3v) is 19.9. The zero-order valence-corrected chi connectivity index (χ0v) is 64.1. The van der Waals surface area contributed by atoms with Gasteiger partial charge in [0.25, 0.3) is 0 Å². The van der Waals surface area contributed by atoms with Crippen LogP contribution >= 0.6 is 15.6 Å². The molecular weight excluding hydrogens is 1260 g/mol. The molecule has 0 saturated carbocycles. The highest BCUT2D eigenvalue weighted by Gasteiger charge is 2.30. The SMILES string of the molecule is CCCCCC/C=C\C=C/CCCCCCCC(=O)O[C@H](COC(=O)CCCCCCCCC(C)CC)COP(=O)(O)OC[C@H](O)COP(=O)(O)OC[C@@H](COC(=O)CCCCCCCCCCCCCCCCC(C)C)OC(=O)CCCCCCCCCCCCC(C)CC. The second-order valence-corrected chi connectivity index (χ2v) is 30.9. The normalized spacial score (nSPS) is 14.8. The molecule has 0 rings (SSSR count). The first kappa shape index (κ1) is 93.5. The summed E-state index contributed by atoms with van der Waals surface area (Å²) < 4.78 is 68.5. The van der Waals surface area contributed by atoms with Crippen LogP contribution in [0.5, 0.6) is 0 Å². The van der Waals surface area contributed by atoms with Crippen molar-refractivity contribution in [3.63, 3.8) is 0 Å². The van der Waals surface area contributed by atoms with Crippen LogP contribution in [0.1, 0.15) is 370 Å². The van der Waals surface area contributed by atoms with Crippen LogP contribution in [0.2, 0.25) is 0 Å². The van der Waals surface area contributed by atoms with Crippen molar-refractivity contribution in [2.24, 2.45) is 17.8 Å². The Morgan fingerprint density at radius 1 is 0.344 bits per heavy atom. The predicted octanol–water partition coefficient (Wildman–Crippen LogP) is 22.1. The van der Waals surface area contributed by atoms with E-state index in [0.717, 1.165) is 127 Å². The summed E-state index contributed by atoms with van der Waals surface area (Å²) in [5.74, 6) is 0.178. The molecule has 0 heterocycles. The third-order valence-electron chi connectivity index (χ3n) is 18.0. The average Bonchev–Trinajstić information content (AvgIpc) is 1.16. The molecule has 0 aliphatic carbocycles. The molecule has 0 saturated heterocycles. The van der Waals surface area contributed by atoms with Crippen molar-refractivity contribution in [1.82, 2.24) is 0 Å². The minimum atomic E-state index is -4.96. The average molecular weight is 1410 g/mol. The largest absolute Gasteiger partial charge is 0.472 e. The van der Waals surface area contributed by atoms with Gasteiger partial charge in [-0.2, -0.15) is 0 Å². The first-order valence-electron chi connectivity index (χ1n) is 39.2. The van der Waals surface area contributed by atoms with Gasteiger partial charge in [0.1, 0.15) is 19.3 Å². The topological polar surface area (TPSA) is 237 Å². The lowest BCUT2D eigenvalue weighted by molar-refractivity contribution is -0.161. The van der Waals surface area contributed by atoms with E-state index >= 15 is 0 Å². The fourth-order valence-corrected chi connectivity index (χ4v) is 12.8. The first-order chi connectivity index (χ1) is 46.3. The molecule has 0 aromatic heterocycles. The van der Waals surface area contributed by atoms with Crippen LogP contribution in [0, 0.1) is 17.8 Å². The Balaban J connectivity index is 5.29. The van der Waals surface area contributed by atoms with Crippen molar-refractivity contribution in [2.75, 3.05) is 39.6 Å². The quantitative estimate of drug-likeness (QED) is 0.0169.